The average Bonchev–Trinajstić information content (AvgIpc) is 3.07. The van der Waals surface area contributed by atoms with E-state index in [9.17, 15) is 9.50 Å². The first-order valence-corrected chi connectivity index (χ1v) is 9.48. The lowest BCUT2D eigenvalue weighted by Crippen LogP contribution is -2.54. The quantitative estimate of drug-likeness (QED) is 0.634. The van der Waals surface area contributed by atoms with E-state index in [0.717, 1.165) is 18.5 Å². The molecule has 2 saturated heterocycles. The molecule has 8 nitrogen and oxygen atoms in total. The van der Waals surface area contributed by atoms with Crippen LogP contribution in [-0.2, 0) is 6.61 Å². The van der Waals surface area contributed by atoms with Crippen LogP contribution in [0.15, 0.2) is 6.07 Å². The summed E-state index contributed by atoms with van der Waals surface area (Å²) in [5.74, 6) is 0.258. The van der Waals surface area contributed by atoms with Crippen molar-refractivity contribution >= 4 is 17.6 Å². The summed E-state index contributed by atoms with van der Waals surface area (Å²) in [6.45, 7) is 1.38. The molecule has 2 aliphatic rings. The van der Waals surface area contributed by atoms with Gasteiger partial charge >= 0.3 is 0 Å². The number of piperidine rings is 2. The Labute approximate surface area is 157 Å². The third-order valence-corrected chi connectivity index (χ3v) is 5.56. The van der Waals surface area contributed by atoms with Crippen LogP contribution in [0.3, 0.4) is 0 Å². The van der Waals surface area contributed by atoms with E-state index in [-0.39, 0.29) is 11.5 Å². The van der Waals surface area contributed by atoms with Crippen LogP contribution in [0.4, 0.5) is 22.0 Å². The monoisotopic (exact) mass is 375 g/mol. The zero-order chi connectivity index (χ0) is 19.0. The molecule has 2 aliphatic heterocycles. The fourth-order valence-electron chi connectivity index (χ4n) is 4.14. The Morgan fingerprint density at radius 1 is 1.30 bits per heavy atom. The number of aliphatic hydroxyl groups is 1. The molecule has 4 rings (SSSR count). The number of aromatic nitrogens is 4. The predicted octanol–water partition coefficient (Wildman–Crippen LogP) is 1.99. The van der Waals surface area contributed by atoms with E-state index in [2.05, 4.69) is 30.8 Å². The molecule has 2 aromatic rings. The van der Waals surface area contributed by atoms with Gasteiger partial charge in [0, 0.05) is 36.9 Å². The molecule has 9 heteroatoms. The topological polar surface area (TPSA) is 102 Å². The van der Waals surface area contributed by atoms with Crippen molar-refractivity contribution in [2.24, 2.45) is 0 Å². The summed E-state index contributed by atoms with van der Waals surface area (Å²) in [6, 6.07) is 3.09. The normalized spacial score (nSPS) is 24.7. The van der Waals surface area contributed by atoms with Crippen molar-refractivity contribution in [1.29, 1.82) is 0 Å². The molecule has 0 aliphatic carbocycles. The first-order valence-electron chi connectivity index (χ1n) is 9.48. The van der Waals surface area contributed by atoms with Crippen LogP contribution >= 0.6 is 0 Å². The van der Waals surface area contributed by atoms with Gasteiger partial charge in [0.15, 0.2) is 17.5 Å². The van der Waals surface area contributed by atoms with E-state index in [1.807, 2.05) is 18.9 Å². The maximum absolute atomic E-state index is 14.6. The molecule has 0 saturated carbocycles. The molecule has 0 spiro atoms. The maximum atomic E-state index is 14.6. The fraction of sp³-hybridized carbons (Fsp3) is 0.611. The number of aliphatic hydroxyl groups excluding tert-OH is 1. The smallest absolute Gasteiger partial charge is 0.227 e. The Morgan fingerprint density at radius 2 is 2.04 bits per heavy atom. The van der Waals surface area contributed by atoms with E-state index in [4.69, 9.17) is 0 Å². The van der Waals surface area contributed by atoms with Gasteiger partial charge in [-0.05, 0) is 32.6 Å². The lowest BCUT2D eigenvalue weighted by atomic mass is 9.83. The van der Waals surface area contributed by atoms with E-state index < -0.39 is 12.4 Å². The highest BCUT2D eigenvalue weighted by atomic mass is 19.1. The molecule has 4 N–H and O–H groups in total. The van der Waals surface area contributed by atoms with Gasteiger partial charge in [-0.3, -0.25) is 5.10 Å². The van der Waals surface area contributed by atoms with Gasteiger partial charge < -0.3 is 20.6 Å². The lowest BCUT2D eigenvalue weighted by molar-refractivity contribution is 0.218. The van der Waals surface area contributed by atoms with Gasteiger partial charge in [-0.15, -0.1) is 0 Å². The molecule has 2 bridgehead atoms. The summed E-state index contributed by atoms with van der Waals surface area (Å²) < 4.78 is 14.6. The Bertz CT molecular complexity index is 799. The van der Waals surface area contributed by atoms with Gasteiger partial charge in [0.05, 0.1) is 6.61 Å². The summed E-state index contributed by atoms with van der Waals surface area (Å²) in [4.78, 5) is 10.7. The minimum absolute atomic E-state index is 0.0178. The Balaban J connectivity index is 1.60. The van der Waals surface area contributed by atoms with E-state index in [1.165, 1.54) is 19.3 Å². The lowest BCUT2D eigenvalue weighted by Gasteiger charge is -2.43. The van der Waals surface area contributed by atoms with Crippen molar-refractivity contribution in [3.63, 3.8) is 0 Å². The number of halogens is 1. The second-order valence-electron chi connectivity index (χ2n) is 7.58. The van der Waals surface area contributed by atoms with Gasteiger partial charge in [-0.25, -0.2) is 9.37 Å². The van der Waals surface area contributed by atoms with Crippen LogP contribution in [0.25, 0.3) is 0 Å². The van der Waals surface area contributed by atoms with E-state index in [1.54, 1.807) is 6.07 Å². The van der Waals surface area contributed by atoms with Gasteiger partial charge in [-0.1, -0.05) is 6.42 Å². The Kier molecular flexibility index (Phi) is 4.96. The van der Waals surface area contributed by atoms with E-state index in [0.29, 0.717) is 29.9 Å². The molecule has 2 aromatic heterocycles. The number of H-pyrrole nitrogens is 1. The van der Waals surface area contributed by atoms with Crippen LogP contribution in [0.2, 0.25) is 0 Å². The first-order chi connectivity index (χ1) is 13.0. The highest BCUT2D eigenvalue weighted by Crippen LogP contribution is 2.30. The Morgan fingerprint density at radius 3 is 2.67 bits per heavy atom. The molecule has 0 radical (unpaired) electrons. The molecule has 146 valence electrons. The number of hydrogen-bond donors (Lipinski definition) is 4. The number of fused-ring (bicyclic) bond motifs is 2. The molecule has 27 heavy (non-hydrogen) atoms. The van der Waals surface area contributed by atoms with Gasteiger partial charge in [0.2, 0.25) is 5.95 Å². The van der Waals surface area contributed by atoms with Crippen LogP contribution in [0.5, 0.6) is 0 Å². The molecule has 1 unspecified atom stereocenters. The van der Waals surface area contributed by atoms with Gasteiger partial charge in [-0.2, -0.15) is 10.1 Å². The van der Waals surface area contributed by atoms with Crippen molar-refractivity contribution in [3.05, 3.63) is 23.3 Å². The largest absolute Gasteiger partial charge is 0.390 e. The fourth-order valence-corrected chi connectivity index (χ4v) is 4.14. The molecule has 4 heterocycles. The summed E-state index contributed by atoms with van der Waals surface area (Å²) >= 11 is 0. The van der Waals surface area contributed by atoms with Crippen LogP contribution in [0.1, 0.15) is 43.5 Å². The molecular weight excluding hydrogens is 349 g/mol. The van der Waals surface area contributed by atoms with Crippen LogP contribution in [-0.4, -0.2) is 50.4 Å². The zero-order valence-corrected chi connectivity index (χ0v) is 15.7. The van der Waals surface area contributed by atoms with Crippen LogP contribution in [0, 0.1) is 12.7 Å². The number of nitrogens with zero attached hydrogens (tertiary/aromatic N) is 4. The first kappa shape index (κ1) is 18.1. The summed E-state index contributed by atoms with van der Waals surface area (Å²) in [5.41, 5.74) is 0.837. The maximum Gasteiger partial charge on any atom is 0.227 e. The van der Waals surface area contributed by atoms with Crippen molar-refractivity contribution in [2.45, 2.75) is 63.8 Å². The average molecular weight is 375 g/mol. The number of hydrogen-bond acceptors (Lipinski definition) is 7. The summed E-state index contributed by atoms with van der Waals surface area (Å²) in [5, 5.41) is 23.0. The number of anilines is 3. The Hall–Kier alpha value is -2.26. The second kappa shape index (κ2) is 7.40. The molecule has 2 fully saturated rings. The predicted molar refractivity (Wildman–Crippen MR) is 101 cm³/mol. The van der Waals surface area contributed by atoms with E-state index >= 15 is 0 Å². The highest BCUT2D eigenvalue weighted by Gasteiger charge is 2.34. The minimum Gasteiger partial charge on any atom is -0.390 e. The van der Waals surface area contributed by atoms with Gasteiger partial charge in [0.25, 0.3) is 0 Å². The molecule has 0 amide bonds. The summed E-state index contributed by atoms with van der Waals surface area (Å²) in [7, 11) is 1.95. The SMILES string of the molecule is Cc1cc(Nc2nc(N(C)C3C[C@H]4CCC[C@@H](C3)N4)nc(CO)c2F)n[nH]1. The standard InChI is InChI=1S/C18H26FN7O/c1-10-6-15(25-24-10)22-17-16(19)14(9-27)21-18(23-17)26(2)13-7-11-4-3-5-12(8-13)20-11/h6,11-13,20,27H,3-5,7-9H2,1-2H3,(H2,21,22,23,24,25)/t11-,12+,13?. The second-order valence-corrected chi connectivity index (χ2v) is 7.58. The van der Waals surface area contributed by atoms with Gasteiger partial charge in [0.1, 0.15) is 5.69 Å². The zero-order valence-electron chi connectivity index (χ0n) is 15.7. The molecule has 3 atom stereocenters. The third kappa shape index (κ3) is 3.74. The van der Waals surface area contributed by atoms with Crippen LogP contribution < -0.4 is 15.5 Å². The number of nitrogens with one attached hydrogen (secondary N) is 3. The summed E-state index contributed by atoms with van der Waals surface area (Å²) in [6.07, 6.45) is 5.70. The van der Waals surface area contributed by atoms with Crippen molar-refractivity contribution in [2.75, 3.05) is 17.3 Å². The number of aryl methyl sites for hydroxylation is 1. The van der Waals surface area contributed by atoms with Crippen molar-refractivity contribution < 1.29 is 9.50 Å². The molecular formula is C18H26FN7O. The third-order valence-electron chi connectivity index (χ3n) is 5.56. The number of aromatic amines is 1. The molecule has 0 aromatic carbocycles. The van der Waals surface area contributed by atoms with Crippen molar-refractivity contribution in [1.82, 2.24) is 25.5 Å². The number of rotatable bonds is 5. The van der Waals surface area contributed by atoms with Crippen molar-refractivity contribution in [3.8, 4) is 0 Å². The highest BCUT2D eigenvalue weighted by molar-refractivity contribution is 5.55. The minimum atomic E-state index is -0.655.